The molecule has 26 heavy (non-hydrogen) atoms. The van der Waals surface area contributed by atoms with E-state index in [4.69, 9.17) is 14.2 Å². The summed E-state index contributed by atoms with van der Waals surface area (Å²) in [6, 6.07) is 11.3. The largest absolute Gasteiger partial charge is 0.497 e. The maximum atomic E-state index is 12.7. The van der Waals surface area contributed by atoms with Crippen molar-refractivity contribution in [2.24, 2.45) is 0 Å². The summed E-state index contributed by atoms with van der Waals surface area (Å²) in [6.45, 7) is 0.650. The highest BCUT2D eigenvalue weighted by molar-refractivity contribution is 9.10. The molecule has 0 atom stereocenters. The third-order valence-corrected chi connectivity index (χ3v) is 4.85. The molecule has 1 amide bonds. The fourth-order valence-electron chi connectivity index (χ4n) is 2.66. The number of carbonyl (C=O) groups is 1. The SMILES string of the molecule is COc1ccc(Br)c(C(=O)N(C)CCCc2ccc(OC)c(OC)c2)c1. The molecule has 140 valence electrons. The highest BCUT2D eigenvalue weighted by Gasteiger charge is 2.16. The summed E-state index contributed by atoms with van der Waals surface area (Å²) in [7, 11) is 6.64. The van der Waals surface area contributed by atoms with E-state index in [1.807, 2.05) is 37.4 Å². The van der Waals surface area contributed by atoms with E-state index < -0.39 is 0 Å². The fourth-order valence-corrected chi connectivity index (χ4v) is 3.08. The Morgan fingerprint density at radius 3 is 2.38 bits per heavy atom. The Kier molecular flexibility index (Phi) is 7.33. The summed E-state index contributed by atoms with van der Waals surface area (Å²) in [5.74, 6) is 2.06. The molecule has 2 aromatic rings. The van der Waals surface area contributed by atoms with Crippen molar-refractivity contribution in [2.75, 3.05) is 34.9 Å². The number of nitrogens with zero attached hydrogens (tertiary/aromatic N) is 1. The second-order valence-corrected chi connectivity index (χ2v) is 6.72. The van der Waals surface area contributed by atoms with Crippen LogP contribution < -0.4 is 14.2 Å². The number of hydrogen-bond donors (Lipinski definition) is 0. The van der Waals surface area contributed by atoms with Crippen LogP contribution in [0.4, 0.5) is 0 Å². The van der Waals surface area contributed by atoms with E-state index in [1.165, 1.54) is 0 Å². The minimum absolute atomic E-state index is 0.0388. The van der Waals surface area contributed by atoms with Gasteiger partial charge >= 0.3 is 0 Å². The Balaban J connectivity index is 1.96. The minimum Gasteiger partial charge on any atom is -0.497 e. The van der Waals surface area contributed by atoms with E-state index in [0.29, 0.717) is 23.6 Å². The van der Waals surface area contributed by atoms with Gasteiger partial charge in [0.25, 0.3) is 5.91 Å². The van der Waals surface area contributed by atoms with E-state index in [9.17, 15) is 4.79 Å². The van der Waals surface area contributed by atoms with E-state index in [0.717, 1.165) is 28.6 Å². The molecule has 6 heteroatoms. The van der Waals surface area contributed by atoms with Crippen LogP contribution in [0.3, 0.4) is 0 Å². The van der Waals surface area contributed by atoms with Gasteiger partial charge in [0, 0.05) is 18.1 Å². The molecular weight excluding hydrogens is 398 g/mol. The smallest absolute Gasteiger partial charge is 0.254 e. The summed E-state index contributed by atoms with van der Waals surface area (Å²) in [5.41, 5.74) is 1.74. The first-order valence-electron chi connectivity index (χ1n) is 8.30. The molecule has 2 aromatic carbocycles. The van der Waals surface area contributed by atoms with Gasteiger partial charge in [-0.2, -0.15) is 0 Å². The van der Waals surface area contributed by atoms with Crippen LogP contribution in [-0.2, 0) is 6.42 Å². The maximum Gasteiger partial charge on any atom is 0.254 e. The Labute approximate surface area is 163 Å². The highest BCUT2D eigenvalue weighted by Crippen LogP contribution is 2.28. The predicted molar refractivity (Wildman–Crippen MR) is 106 cm³/mol. The van der Waals surface area contributed by atoms with Gasteiger partial charge in [0.2, 0.25) is 0 Å². The molecule has 0 fully saturated rings. The average Bonchev–Trinajstić information content (AvgIpc) is 2.67. The van der Waals surface area contributed by atoms with Gasteiger partial charge in [0.05, 0.1) is 26.9 Å². The molecule has 0 spiro atoms. The van der Waals surface area contributed by atoms with Crippen LogP contribution in [-0.4, -0.2) is 45.7 Å². The second-order valence-electron chi connectivity index (χ2n) is 5.87. The third kappa shape index (κ3) is 4.91. The van der Waals surface area contributed by atoms with Gasteiger partial charge in [-0.3, -0.25) is 4.79 Å². The normalized spacial score (nSPS) is 10.3. The van der Waals surface area contributed by atoms with Crippen LogP contribution in [0.15, 0.2) is 40.9 Å². The fraction of sp³-hybridized carbons (Fsp3) is 0.350. The first-order chi connectivity index (χ1) is 12.5. The van der Waals surface area contributed by atoms with Gasteiger partial charge in [0.15, 0.2) is 11.5 Å². The first-order valence-corrected chi connectivity index (χ1v) is 9.09. The van der Waals surface area contributed by atoms with Gasteiger partial charge in [-0.15, -0.1) is 0 Å². The second kappa shape index (κ2) is 9.48. The van der Waals surface area contributed by atoms with Crippen LogP contribution in [0.5, 0.6) is 17.2 Å². The number of halogens is 1. The van der Waals surface area contributed by atoms with E-state index in [2.05, 4.69) is 15.9 Å². The highest BCUT2D eigenvalue weighted by atomic mass is 79.9. The van der Waals surface area contributed by atoms with Crippen molar-refractivity contribution < 1.29 is 19.0 Å². The standard InChI is InChI=1S/C20H24BrNO4/c1-22(20(23)16-13-15(24-2)8-9-17(16)21)11-5-6-14-7-10-18(25-3)19(12-14)26-4/h7-10,12-13H,5-6,11H2,1-4H3. The molecule has 0 heterocycles. The van der Waals surface area contributed by atoms with Crippen LogP contribution in [0.1, 0.15) is 22.3 Å². The molecule has 5 nitrogen and oxygen atoms in total. The summed E-state index contributed by atoms with van der Waals surface area (Å²) in [5, 5.41) is 0. The number of amides is 1. The van der Waals surface area contributed by atoms with Crippen molar-refractivity contribution in [2.45, 2.75) is 12.8 Å². The van der Waals surface area contributed by atoms with Crippen molar-refractivity contribution in [3.05, 3.63) is 52.0 Å². The molecule has 0 N–H and O–H groups in total. The Morgan fingerprint density at radius 1 is 1.00 bits per heavy atom. The van der Waals surface area contributed by atoms with Crippen molar-refractivity contribution in [3.8, 4) is 17.2 Å². The topological polar surface area (TPSA) is 48.0 Å². The van der Waals surface area contributed by atoms with Crippen LogP contribution in [0.25, 0.3) is 0 Å². The lowest BCUT2D eigenvalue weighted by Crippen LogP contribution is -2.28. The Morgan fingerprint density at radius 2 is 1.73 bits per heavy atom. The summed E-state index contributed by atoms with van der Waals surface area (Å²) in [6.07, 6.45) is 1.69. The Hall–Kier alpha value is -2.21. The van der Waals surface area contributed by atoms with Crippen molar-refractivity contribution >= 4 is 21.8 Å². The maximum absolute atomic E-state index is 12.7. The minimum atomic E-state index is -0.0388. The number of hydrogen-bond acceptors (Lipinski definition) is 4. The molecule has 0 aromatic heterocycles. The summed E-state index contributed by atoms with van der Waals surface area (Å²) >= 11 is 3.43. The van der Waals surface area contributed by atoms with Gasteiger partial charge in [-0.1, -0.05) is 6.07 Å². The van der Waals surface area contributed by atoms with E-state index >= 15 is 0 Å². The predicted octanol–water partition coefficient (Wildman–Crippen LogP) is 4.18. The molecule has 0 unspecified atom stereocenters. The number of aryl methyl sites for hydroxylation is 1. The van der Waals surface area contributed by atoms with Crippen molar-refractivity contribution in [1.82, 2.24) is 4.90 Å². The molecule has 0 aliphatic heterocycles. The lowest BCUT2D eigenvalue weighted by molar-refractivity contribution is 0.0792. The van der Waals surface area contributed by atoms with Crippen molar-refractivity contribution in [1.29, 1.82) is 0 Å². The zero-order chi connectivity index (χ0) is 19.1. The zero-order valence-corrected chi connectivity index (χ0v) is 17.1. The molecular formula is C20H24BrNO4. The van der Waals surface area contributed by atoms with Crippen LogP contribution >= 0.6 is 15.9 Å². The lowest BCUT2D eigenvalue weighted by atomic mass is 10.1. The van der Waals surface area contributed by atoms with E-state index in [-0.39, 0.29) is 5.91 Å². The quantitative estimate of drug-likeness (QED) is 0.641. The average molecular weight is 422 g/mol. The number of carbonyl (C=O) groups excluding carboxylic acids is 1. The lowest BCUT2D eigenvalue weighted by Gasteiger charge is -2.18. The van der Waals surface area contributed by atoms with Crippen LogP contribution in [0.2, 0.25) is 0 Å². The molecule has 0 aliphatic rings. The van der Waals surface area contributed by atoms with Gasteiger partial charge in [-0.05, 0) is 64.7 Å². The molecule has 0 saturated carbocycles. The van der Waals surface area contributed by atoms with Gasteiger partial charge in [0.1, 0.15) is 5.75 Å². The zero-order valence-electron chi connectivity index (χ0n) is 15.5. The Bertz CT molecular complexity index is 763. The third-order valence-electron chi connectivity index (χ3n) is 4.16. The monoisotopic (exact) mass is 421 g/mol. The summed E-state index contributed by atoms with van der Waals surface area (Å²) in [4.78, 5) is 14.4. The number of methoxy groups -OCH3 is 3. The van der Waals surface area contributed by atoms with Crippen molar-refractivity contribution in [3.63, 3.8) is 0 Å². The van der Waals surface area contributed by atoms with Crippen LogP contribution in [0, 0.1) is 0 Å². The first kappa shape index (κ1) is 20.1. The number of rotatable bonds is 8. The van der Waals surface area contributed by atoms with E-state index in [1.54, 1.807) is 32.3 Å². The molecule has 0 radical (unpaired) electrons. The molecule has 0 bridgehead atoms. The number of ether oxygens (including phenoxy) is 3. The summed E-state index contributed by atoms with van der Waals surface area (Å²) < 4.78 is 16.5. The molecule has 0 aliphatic carbocycles. The molecule has 0 saturated heterocycles. The number of benzene rings is 2. The van der Waals surface area contributed by atoms with Gasteiger partial charge in [-0.25, -0.2) is 0 Å². The van der Waals surface area contributed by atoms with Gasteiger partial charge < -0.3 is 19.1 Å². The molecule has 2 rings (SSSR count).